The van der Waals surface area contributed by atoms with Crippen molar-refractivity contribution >= 4 is 11.9 Å². The van der Waals surface area contributed by atoms with Gasteiger partial charge in [0.05, 0.1) is 0 Å². The van der Waals surface area contributed by atoms with Gasteiger partial charge in [0.15, 0.2) is 0 Å². The van der Waals surface area contributed by atoms with Crippen molar-refractivity contribution < 1.29 is 9.59 Å². The average Bonchev–Trinajstić information content (AvgIpc) is 2.28. The molecule has 14 heavy (non-hydrogen) atoms. The van der Waals surface area contributed by atoms with Crippen LogP contribution in [0.1, 0.15) is 20.3 Å². The van der Waals surface area contributed by atoms with Crippen molar-refractivity contribution in [1.29, 1.82) is 0 Å². The summed E-state index contributed by atoms with van der Waals surface area (Å²) >= 11 is 0. The largest absolute Gasteiger partial charge is 0.354 e. The molecule has 0 atom stereocenters. The third kappa shape index (κ3) is 3.24. The number of hydrogen-bond donors (Lipinski definition) is 2. The number of nitrogens with zero attached hydrogens (tertiary/aromatic N) is 1. The molecule has 0 aliphatic carbocycles. The molecule has 0 unspecified atom stereocenters. The molecule has 5 heteroatoms. The highest BCUT2D eigenvalue weighted by Gasteiger charge is 2.19. The van der Waals surface area contributed by atoms with Gasteiger partial charge in [-0.2, -0.15) is 0 Å². The van der Waals surface area contributed by atoms with Gasteiger partial charge in [-0.05, 0) is 20.3 Å². The van der Waals surface area contributed by atoms with E-state index < -0.39 is 0 Å². The second-order valence-corrected chi connectivity index (χ2v) is 3.73. The van der Waals surface area contributed by atoms with Crippen molar-refractivity contribution in [3.63, 3.8) is 0 Å². The van der Waals surface area contributed by atoms with E-state index in [4.69, 9.17) is 0 Å². The Bertz CT molecular complexity index is 228. The summed E-state index contributed by atoms with van der Waals surface area (Å²) in [5.74, 6) is -0.0820. The SMILES string of the molecule is CC(C)NC(=O)N1CCCNC(=O)C1. The van der Waals surface area contributed by atoms with Gasteiger partial charge in [-0.25, -0.2) is 4.79 Å². The van der Waals surface area contributed by atoms with Crippen molar-refractivity contribution in [3.05, 3.63) is 0 Å². The smallest absolute Gasteiger partial charge is 0.318 e. The molecule has 2 N–H and O–H groups in total. The number of carbonyl (C=O) groups is 2. The van der Waals surface area contributed by atoms with Gasteiger partial charge in [0, 0.05) is 19.1 Å². The van der Waals surface area contributed by atoms with Crippen LogP contribution in [0.25, 0.3) is 0 Å². The fourth-order valence-electron chi connectivity index (χ4n) is 1.32. The lowest BCUT2D eigenvalue weighted by Crippen LogP contribution is -2.45. The monoisotopic (exact) mass is 199 g/mol. The molecule has 0 aromatic heterocycles. The summed E-state index contributed by atoms with van der Waals surface area (Å²) < 4.78 is 0. The fourth-order valence-corrected chi connectivity index (χ4v) is 1.32. The summed E-state index contributed by atoms with van der Waals surface area (Å²) in [7, 11) is 0. The van der Waals surface area contributed by atoms with Gasteiger partial charge >= 0.3 is 6.03 Å². The molecular formula is C9H17N3O2. The first kappa shape index (κ1) is 10.8. The zero-order valence-electron chi connectivity index (χ0n) is 8.67. The van der Waals surface area contributed by atoms with Crippen LogP contribution in [-0.4, -0.2) is 42.5 Å². The Morgan fingerprint density at radius 2 is 2.29 bits per heavy atom. The van der Waals surface area contributed by atoms with Gasteiger partial charge in [0.2, 0.25) is 5.91 Å². The first-order chi connectivity index (χ1) is 6.59. The van der Waals surface area contributed by atoms with E-state index in [2.05, 4.69) is 10.6 Å². The average molecular weight is 199 g/mol. The van der Waals surface area contributed by atoms with Gasteiger partial charge in [-0.3, -0.25) is 4.79 Å². The second kappa shape index (κ2) is 4.83. The summed E-state index contributed by atoms with van der Waals surface area (Å²) in [4.78, 5) is 24.2. The first-order valence-corrected chi connectivity index (χ1v) is 4.91. The Hall–Kier alpha value is -1.26. The number of rotatable bonds is 1. The quantitative estimate of drug-likeness (QED) is 0.621. The summed E-state index contributed by atoms with van der Waals surface area (Å²) in [6, 6.07) is -0.0501. The minimum Gasteiger partial charge on any atom is -0.354 e. The standard InChI is InChI=1S/C9H17N3O2/c1-7(2)11-9(14)12-5-3-4-10-8(13)6-12/h7H,3-6H2,1-2H3,(H,10,13)(H,11,14). The number of amides is 3. The lowest BCUT2D eigenvalue weighted by Gasteiger charge is -2.20. The summed E-state index contributed by atoms with van der Waals surface area (Å²) in [6.07, 6.45) is 0.817. The zero-order valence-corrected chi connectivity index (χ0v) is 8.67. The van der Waals surface area contributed by atoms with Crippen LogP contribution < -0.4 is 10.6 Å². The third-order valence-electron chi connectivity index (χ3n) is 1.96. The van der Waals surface area contributed by atoms with Crippen molar-refractivity contribution in [1.82, 2.24) is 15.5 Å². The molecule has 1 aliphatic rings. The first-order valence-electron chi connectivity index (χ1n) is 4.91. The molecule has 1 rings (SSSR count). The van der Waals surface area contributed by atoms with Crippen LogP contribution in [0.4, 0.5) is 4.79 Å². The third-order valence-corrected chi connectivity index (χ3v) is 1.96. The number of urea groups is 1. The summed E-state index contributed by atoms with van der Waals surface area (Å²) in [6.45, 7) is 5.26. The summed E-state index contributed by atoms with van der Waals surface area (Å²) in [5, 5.41) is 5.49. The van der Waals surface area contributed by atoms with Crippen LogP contribution in [0, 0.1) is 0 Å². The minimum absolute atomic E-state index is 0.0820. The molecule has 0 bridgehead atoms. The predicted molar refractivity (Wildman–Crippen MR) is 52.9 cm³/mol. The van der Waals surface area contributed by atoms with Crippen molar-refractivity contribution in [2.45, 2.75) is 26.3 Å². The Morgan fingerprint density at radius 1 is 1.57 bits per heavy atom. The highest BCUT2D eigenvalue weighted by Crippen LogP contribution is 1.97. The van der Waals surface area contributed by atoms with E-state index in [1.807, 2.05) is 13.8 Å². The van der Waals surface area contributed by atoms with Crippen LogP contribution in [-0.2, 0) is 4.79 Å². The molecule has 1 heterocycles. The maximum absolute atomic E-state index is 11.5. The molecule has 80 valence electrons. The van der Waals surface area contributed by atoms with Gasteiger partial charge in [-0.1, -0.05) is 0 Å². The molecule has 1 saturated heterocycles. The van der Waals surface area contributed by atoms with Crippen LogP contribution in [0.5, 0.6) is 0 Å². The molecule has 5 nitrogen and oxygen atoms in total. The molecule has 1 fully saturated rings. The highest BCUT2D eigenvalue weighted by atomic mass is 16.2. The number of nitrogens with one attached hydrogen (secondary N) is 2. The Kier molecular flexibility index (Phi) is 3.73. The van der Waals surface area contributed by atoms with Crippen molar-refractivity contribution in [3.8, 4) is 0 Å². The van der Waals surface area contributed by atoms with Crippen LogP contribution in [0.3, 0.4) is 0 Å². The molecule has 0 aromatic rings. The molecule has 3 amide bonds. The Morgan fingerprint density at radius 3 is 2.93 bits per heavy atom. The van der Waals surface area contributed by atoms with Crippen LogP contribution in [0.2, 0.25) is 0 Å². The molecular weight excluding hydrogens is 182 g/mol. The fraction of sp³-hybridized carbons (Fsp3) is 0.778. The molecule has 0 saturated carbocycles. The lowest BCUT2D eigenvalue weighted by molar-refractivity contribution is -0.121. The van der Waals surface area contributed by atoms with Crippen molar-refractivity contribution in [2.75, 3.05) is 19.6 Å². The number of hydrogen-bond acceptors (Lipinski definition) is 2. The maximum Gasteiger partial charge on any atom is 0.318 e. The van der Waals surface area contributed by atoms with E-state index >= 15 is 0 Å². The topological polar surface area (TPSA) is 61.4 Å². The van der Waals surface area contributed by atoms with E-state index in [0.29, 0.717) is 13.1 Å². The summed E-state index contributed by atoms with van der Waals surface area (Å²) in [5.41, 5.74) is 0. The van der Waals surface area contributed by atoms with Gasteiger partial charge in [0.1, 0.15) is 6.54 Å². The number of carbonyl (C=O) groups excluding carboxylic acids is 2. The van der Waals surface area contributed by atoms with Crippen LogP contribution in [0.15, 0.2) is 0 Å². The molecule has 1 aliphatic heterocycles. The van der Waals surface area contributed by atoms with E-state index in [9.17, 15) is 9.59 Å². The lowest BCUT2D eigenvalue weighted by atomic mass is 10.4. The Labute approximate surface area is 83.8 Å². The zero-order chi connectivity index (χ0) is 10.6. The van der Waals surface area contributed by atoms with E-state index in [1.165, 1.54) is 0 Å². The Balaban J connectivity index is 2.48. The van der Waals surface area contributed by atoms with Gasteiger partial charge in [-0.15, -0.1) is 0 Å². The van der Waals surface area contributed by atoms with E-state index in [-0.39, 0.29) is 24.5 Å². The molecule has 0 aromatic carbocycles. The van der Waals surface area contributed by atoms with Gasteiger partial charge < -0.3 is 15.5 Å². The minimum atomic E-state index is -0.156. The normalized spacial score (nSPS) is 17.6. The van der Waals surface area contributed by atoms with E-state index in [0.717, 1.165) is 6.42 Å². The van der Waals surface area contributed by atoms with Crippen LogP contribution >= 0.6 is 0 Å². The van der Waals surface area contributed by atoms with E-state index in [1.54, 1.807) is 4.90 Å². The maximum atomic E-state index is 11.5. The predicted octanol–water partition coefficient (Wildman–Crippen LogP) is -0.0737. The van der Waals surface area contributed by atoms with Gasteiger partial charge in [0.25, 0.3) is 0 Å². The molecule has 0 radical (unpaired) electrons. The molecule has 0 spiro atoms. The highest BCUT2D eigenvalue weighted by molar-refractivity contribution is 5.84. The second-order valence-electron chi connectivity index (χ2n) is 3.73. The van der Waals surface area contributed by atoms with Crippen molar-refractivity contribution in [2.24, 2.45) is 0 Å².